The Morgan fingerprint density at radius 3 is 1.91 bits per heavy atom. The fraction of sp³-hybridized carbons (Fsp3) is 0.296. The number of urea groups is 1. The van der Waals surface area contributed by atoms with E-state index in [1.54, 1.807) is 0 Å². The maximum atomic E-state index is 12.5. The van der Waals surface area contributed by atoms with Gasteiger partial charge in [0.1, 0.15) is 0 Å². The van der Waals surface area contributed by atoms with Crippen LogP contribution in [0.2, 0.25) is 0 Å². The van der Waals surface area contributed by atoms with E-state index in [1.807, 2.05) is 69.3 Å². The zero-order valence-corrected chi connectivity index (χ0v) is 19.1. The molecule has 3 rings (SSSR count). The molecule has 0 saturated carbocycles. The number of aromatic nitrogens is 1. The van der Waals surface area contributed by atoms with E-state index in [1.165, 1.54) is 11.1 Å². The van der Waals surface area contributed by atoms with Gasteiger partial charge in [0, 0.05) is 41.2 Å². The summed E-state index contributed by atoms with van der Waals surface area (Å²) in [5.41, 5.74) is 5.54. The van der Waals surface area contributed by atoms with E-state index in [0.29, 0.717) is 12.1 Å². The van der Waals surface area contributed by atoms with Crippen molar-refractivity contribution < 1.29 is 4.79 Å². The summed E-state index contributed by atoms with van der Waals surface area (Å²) in [5.74, 6) is 0.0811. The van der Waals surface area contributed by atoms with E-state index in [-0.39, 0.29) is 18.0 Å². The van der Waals surface area contributed by atoms with Crippen LogP contribution in [-0.4, -0.2) is 22.8 Å². The van der Waals surface area contributed by atoms with E-state index >= 15 is 0 Å². The summed E-state index contributed by atoms with van der Waals surface area (Å²) >= 11 is 0. The third-order valence-corrected chi connectivity index (χ3v) is 5.39. The topological polar surface area (TPSA) is 77.9 Å². The molecule has 0 radical (unpaired) electrons. The molecule has 2 amide bonds. The largest absolute Gasteiger partial charge is 0.335 e. The number of aryl methyl sites for hydroxylation is 2. The number of carbonyl (C=O) groups is 1. The first kappa shape index (κ1) is 23.2. The lowest BCUT2D eigenvalue weighted by atomic mass is 9.86. The number of anilines is 1. The van der Waals surface area contributed by atoms with Gasteiger partial charge in [-0.15, -0.1) is 0 Å². The van der Waals surface area contributed by atoms with Gasteiger partial charge < -0.3 is 16.0 Å². The molecule has 1 aromatic heterocycles. The Balaban J connectivity index is 1.61. The Hall–Kier alpha value is -3.47. The molecule has 5 nitrogen and oxygen atoms in total. The molecule has 2 aromatic carbocycles. The lowest BCUT2D eigenvalue weighted by Gasteiger charge is -2.22. The number of pyridine rings is 1. The summed E-state index contributed by atoms with van der Waals surface area (Å²) in [6, 6.07) is 23.9. The third-order valence-electron chi connectivity index (χ3n) is 5.39. The Morgan fingerprint density at radius 2 is 1.41 bits per heavy atom. The molecule has 0 aliphatic carbocycles. The van der Waals surface area contributed by atoms with Gasteiger partial charge in [0.05, 0.1) is 0 Å². The highest BCUT2D eigenvalue weighted by Gasteiger charge is 2.19. The molecular formula is C27H32N4O. The summed E-state index contributed by atoms with van der Waals surface area (Å²) in [5, 5.41) is 14.7. The maximum Gasteiger partial charge on any atom is 0.319 e. The van der Waals surface area contributed by atoms with Crippen LogP contribution in [-0.2, 0) is 12.8 Å². The molecule has 3 N–H and O–H groups in total. The highest BCUT2D eigenvalue weighted by Crippen LogP contribution is 2.19. The van der Waals surface area contributed by atoms with Gasteiger partial charge in [-0.25, -0.2) is 4.79 Å². The van der Waals surface area contributed by atoms with Crippen LogP contribution in [0.1, 0.15) is 35.9 Å². The van der Waals surface area contributed by atoms with E-state index in [4.69, 9.17) is 5.41 Å². The molecule has 0 bridgehead atoms. The number of hydrogen-bond acceptors (Lipinski definition) is 3. The zero-order chi connectivity index (χ0) is 22.9. The van der Waals surface area contributed by atoms with Crippen molar-refractivity contribution in [2.75, 3.05) is 5.32 Å². The SMILES string of the molecule is Cc1cc(NC(=O)N[C@H](C)CC(=N)C(Cc2ccccc2)Cc2ccccc2)cc(C)n1. The van der Waals surface area contributed by atoms with E-state index < -0.39 is 0 Å². The number of nitrogens with zero attached hydrogens (tertiary/aromatic N) is 1. The summed E-state index contributed by atoms with van der Waals surface area (Å²) in [6.07, 6.45) is 2.12. The van der Waals surface area contributed by atoms with Crippen molar-refractivity contribution in [3.8, 4) is 0 Å². The summed E-state index contributed by atoms with van der Waals surface area (Å²) in [4.78, 5) is 16.8. The van der Waals surface area contributed by atoms with Gasteiger partial charge in [-0.3, -0.25) is 4.98 Å². The van der Waals surface area contributed by atoms with E-state index in [2.05, 4.69) is 39.9 Å². The highest BCUT2D eigenvalue weighted by molar-refractivity contribution is 5.90. The number of nitrogens with one attached hydrogen (secondary N) is 3. The predicted octanol–water partition coefficient (Wildman–Crippen LogP) is 5.72. The quantitative estimate of drug-likeness (QED) is 0.381. The molecule has 0 fully saturated rings. The Morgan fingerprint density at radius 1 is 0.906 bits per heavy atom. The molecule has 32 heavy (non-hydrogen) atoms. The van der Waals surface area contributed by atoms with Gasteiger partial charge in [0.2, 0.25) is 0 Å². The van der Waals surface area contributed by atoms with Crippen LogP contribution in [0.3, 0.4) is 0 Å². The van der Waals surface area contributed by atoms with Crippen LogP contribution < -0.4 is 10.6 Å². The molecule has 0 unspecified atom stereocenters. The van der Waals surface area contributed by atoms with Gasteiger partial charge >= 0.3 is 6.03 Å². The van der Waals surface area contributed by atoms with E-state index in [0.717, 1.165) is 29.9 Å². The van der Waals surface area contributed by atoms with Crippen molar-refractivity contribution in [1.82, 2.24) is 10.3 Å². The molecule has 166 valence electrons. The molecule has 0 spiro atoms. The van der Waals surface area contributed by atoms with Crippen molar-refractivity contribution in [2.24, 2.45) is 5.92 Å². The Kier molecular flexibility index (Phi) is 8.14. The van der Waals surface area contributed by atoms with Crippen molar-refractivity contribution in [3.63, 3.8) is 0 Å². The average Bonchev–Trinajstić information content (AvgIpc) is 2.73. The molecule has 0 aliphatic heterocycles. The van der Waals surface area contributed by atoms with Crippen LogP contribution in [0.15, 0.2) is 72.8 Å². The Bertz CT molecular complexity index is 972. The summed E-state index contributed by atoms with van der Waals surface area (Å²) in [6.45, 7) is 5.75. The fourth-order valence-electron chi connectivity index (χ4n) is 3.96. The zero-order valence-electron chi connectivity index (χ0n) is 19.1. The lowest BCUT2D eigenvalue weighted by Crippen LogP contribution is -2.38. The van der Waals surface area contributed by atoms with Crippen molar-refractivity contribution in [3.05, 3.63) is 95.3 Å². The second kappa shape index (κ2) is 11.2. The Labute approximate surface area is 190 Å². The van der Waals surface area contributed by atoms with Gasteiger partial charge in [0.25, 0.3) is 0 Å². The van der Waals surface area contributed by atoms with Crippen LogP contribution in [0.5, 0.6) is 0 Å². The highest BCUT2D eigenvalue weighted by atomic mass is 16.2. The first-order valence-corrected chi connectivity index (χ1v) is 11.1. The standard InChI is InChI=1S/C27H32N4O/c1-19-14-25(15-20(2)29-19)31-27(32)30-21(3)16-26(28)24(17-22-10-6-4-7-11-22)18-23-12-8-5-9-13-23/h4-15,21,24,28H,16-18H2,1-3H3,(H2,29,30,31,32)/t21-/m1/s1. The maximum absolute atomic E-state index is 12.5. The third kappa shape index (κ3) is 7.34. The minimum Gasteiger partial charge on any atom is -0.335 e. The van der Waals surface area contributed by atoms with Gasteiger partial charge in [-0.05, 0) is 56.9 Å². The first-order chi connectivity index (χ1) is 15.4. The monoisotopic (exact) mass is 428 g/mol. The smallest absolute Gasteiger partial charge is 0.319 e. The molecular weight excluding hydrogens is 396 g/mol. The van der Waals surface area contributed by atoms with Crippen LogP contribution in [0, 0.1) is 25.2 Å². The second-order valence-corrected chi connectivity index (χ2v) is 8.44. The molecule has 5 heteroatoms. The van der Waals surface area contributed by atoms with Gasteiger partial charge in [-0.1, -0.05) is 60.7 Å². The second-order valence-electron chi connectivity index (χ2n) is 8.44. The predicted molar refractivity (Wildman–Crippen MR) is 131 cm³/mol. The molecule has 0 saturated heterocycles. The molecule has 0 aliphatic rings. The van der Waals surface area contributed by atoms with Gasteiger partial charge in [0.15, 0.2) is 0 Å². The summed E-state index contributed by atoms with van der Waals surface area (Å²) in [7, 11) is 0. The van der Waals surface area contributed by atoms with Crippen LogP contribution in [0.25, 0.3) is 0 Å². The minimum atomic E-state index is -0.266. The normalized spacial score (nSPS) is 11.8. The van der Waals surface area contributed by atoms with E-state index in [9.17, 15) is 4.79 Å². The van der Waals surface area contributed by atoms with Crippen molar-refractivity contribution >= 4 is 17.4 Å². The number of hydrogen-bond donors (Lipinski definition) is 3. The molecule has 3 aromatic rings. The van der Waals surface area contributed by atoms with Crippen LogP contribution in [0.4, 0.5) is 10.5 Å². The van der Waals surface area contributed by atoms with Gasteiger partial charge in [-0.2, -0.15) is 0 Å². The first-order valence-electron chi connectivity index (χ1n) is 11.1. The minimum absolute atomic E-state index is 0.0811. The fourth-order valence-corrected chi connectivity index (χ4v) is 3.96. The molecule has 1 heterocycles. The number of carbonyl (C=O) groups excluding carboxylic acids is 1. The van der Waals surface area contributed by atoms with Crippen molar-refractivity contribution in [1.29, 1.82) is 5.41 Å². The number of benzene rings is 2. The number of rotatable bonds is 9. The molecule has 1 atom stereocenters. The van der Waals surface area contributed by atoms with Crippen molar-refractivity contribution in [2.45, 2.75) is 46.1 Å². The average molecular weight is 429 g/mol. The lowest BCUT2D eigenvalue weighted by molar-refractivity contribution is 0.249. The number of amides is 2. The van der Waals surface area contributed by atoms with Crippen LogP contribution >= 0.6 is 0 Å². The summed E-state index contributed by atoms with van der Waals surface area (Å²) < 4.78 is 0.